The number of halogens is 1. The van der Waals surface area contributed by atoms with Gasteiger partial charge in [0.05, 0.1) is 6.54 Å². The second-order valence-corrected chi connectivity index (χ2v) is 7.61. The first-order valence-electron chi connectivity index (χ1n) is 10.7. The van der Waals surface area contributed by atoms with Crippen molar-refractivity contribution in [3.8, 4) is 0 Å². The Morgan fingerprint density at radius 1 is 1.21 bits per heavy atom. The Bertz CT molecular complexity index is 715. The third kappa shape index (κ3) is 6.07. The van der Waals surface area contributed by atoms with Crippen LogP contribution in [0.2, 0.25) is 0 Å². The second-order valence-electron chi connectivity index (χ2n) is 7.61. The largest absolute Gasteiger partial charge is 0.357 e. The molecule has 1 unspecified atom stereocenters. The Labute approximate surface area is 191 Å². The summed E-state index contributed by atoms with van der Waals surface area (Å²) >= 11 is 0. The van der Waals surface area contributed by atoms with E-state index < -0.39 is 0 Å². The number of anilines is 1. The van der Waals surface area contributed by atoms with Crippen molar-refractivity contribution in [1.82, 2.24) is 24.7 Å². The molecule has 0 bridgehead atoms. The molecule has 3 heterocycles. The van der Waals surface area contributed by atoms with Gasteiger partial charge in [0.2, 0.25) is 0 Å². The number of likely N-dealkylation sites (N-methyl/N-ethyl adjacent to an activating group) is 1. The van der Waals surface area contributed by atoms with Gasteiger partial charge in [-0.25, -0.2) is 4.98 Å². The number of piperidine rings is 1. The predicted molar refractivity (Wildman–Crippen MR) is 130 cm³/mol. The Morgan fingerprint density at radius 2 is 1.97 bits per heavy atom. The lowest BCUT2D eigenvalue weighted by atomic mass is 10.0. The van der Waals surface area contributed by atoms with Crippen molar-refractivity contribution < 1.29 is 0 Å². The second kappa shape index (κ2) is 11.7. The zero-order valence-electron chi connectivity index (χ0n) is 18.0. The number of hydrogen-bond acceptors (Lipinski definition) is 5. The summed E-state index contributed by atoms with van der Waals surface area (Å²) in [5, 5.41) is 3.46. The molecule has 0 saturated carbocycles. The zero-order chi connectivity index (χ0) is 19.9. The maximum atomic E-state index is 12.3. The van der Waals surface area contributed by atoms with Crippen LogP contribution in [-0.2, 0) is 7.05 Å². The summed E-state index contributed by atoms with van der Waals surface area (Å²) < 4.78 is 1.59. The first-order valence-corrected chi connectivity index (χ1v) is 10.7. The molecule has 0 amide bonds. The highest BCUT2D eigenvalue weighted by Crippen LogP contribution is 2.17. The minimum atomic E-state index is -0.0338. The molecular formula is C20H36IN7O. The van der Waals surface area contributed by atoms with Crippen molar-refractivity contribution in [2.45, 2.75) is 39.2 Å². The van der Waals surface area contributed by atoms with Gasteiger partial charge in [-0.05, 0) is 32.9 Å². The normalized spacial score (nSPS) is 21.1. The van der Waals surface area contributed by atoms with Gasteiger partial charge in [0.15, 0.2) is 11.8 Å². The number of aryl methyl sites for hydroxylation is 1. The van der Waals surface area contributed by atoms with E-state index in [-0.39, 0.29) is 29.5 Å². The van der Waals surface area contributed by atoms with Crippen LogP contribution >= 0.6 is 24.0 Å². The van der Waals surface area contributed by atoms with Gasteiger partial charge in [-0.15, -0.1) is 24.0 Å². The van der Waals surface area contributed by atoms with Crippen molar-refractivity contribution in [3.63, 3.8) is 0 Å². The highest BCUT2D eigenvalue weighted by Gasteiger charge is 2.24. The van der Waals surface area contributed by atoms with Gasteiger partial charge in [0.25, 0.3) is 5.56 Å². The van der Waals surface area contributed by atoms with Crippen LogP contribution in [0.3, 0.4) is 0 Å². The van der Waals surface area contributed by atoms with E-state index in [9.17, 15) is 4.79 Å². The summed E-state index contributed by atoms with van der Waals surface area (Å²) in [6.45, 7) is 11.6. The molecule has 1 aromatic heterocycles. The number of rotatable bonds is 5. The van der Waals surface area contributed by atoms with Crippen LogP contribution in [0.15, 0.2) is 22.2 Å². The number of aromatic nitrogens is 2. The minimum Gasteiger partial charge on any atom is -0.357 e. The van der Waals surface area contributed by atoms with Crippen LogP contribution in [0.1, 0.15) is 33.1 Å². The Kier molecular flexibility index (Phi) is 9.67. The summed E-state index contributed by atoms with van der Waals surface area (Å²) in [5.74, 6) is 1.55. The lowest BCUT2D eigenvalue weighted by Crippen LogP contribution is -2.54. The fourth-order valence-corrected chi connectivity index (χ4v) is 4.13. The lowest BCUT2D eigenvalue weighted by Gasteiger charge is -2.37. The molecule has 164 valence electrons. The quantitative estimate of drug-likeness (QED) is 0.362. The summed E-state index contributed by atoms with van der Waals surface area (Å²) in [6.07, 6.45) is 7.25. The van der Waals surface area contributed by atoms with Crippen LogP contribution in [0.4, 0.5) is 5.82 Å². The average Bonchev–Trinajstić information content (AvgIpc) is 2.73. The molecule has 0 spiro atoms. The number of nitrogens with one attached hydrogen (secondary N) is 1. The van der Waals surface area contributed by atoms with Gasteiger partial charge in [0, 0.05) is 58.2 Å². The molecule has 2 saturated heterocycles. The topological polar surface area (TPSA) is 69.0 Å². The number of hydrogen-bond donors (Lipinski definition) is 1. The van der Waals surface area contributed by atoms with Crippen LogP contribution in [0, 0.1) is 0 Å². The molecule has 1 atom stereocenters. The van der Waals surface area contributed by atoms with E-state index in [0.29, 0.717) is 11.9 Å². The zero-order valence-corrected chi connectivity index (χ0v) is 20.3. The maximum absolute atomic E-state index is 12.3. The monoisotopic (exact) mass is 517 g/mol. The van der Waals surface area contributed by atoms with E-state index >= 15 is 0 Å². The fourth-order valence-electron chi connectivity index (χ4n) is 4.13. The number of aliphatic imine (C=N–C) groups is 1. The van der Waals surface area contributed by atoms with Gasteiger partial charge >= 0.3 is 0 Å². The molecule has 1 aromatic rings. The molecule has 2 aliphatic rings. The van der Waals surface area contributed by atoms with E-state index in [0.717, 1.165) is 51.8 Å². The van der Waals surface area contributed by atoms with Gasteiger partial charge in [0.1, 0.15) is 0 Å². The van der Waals surface area contributed by atoms with Gasteiger partial charge in [-0.3, -0.25) is 14.7 Å². The van der Waals surface area contributed by atoms with Crippen molar-refractivity contribution in [3.05, 3.63) is 22.7 Å². The van der Waals surface area contributed by atoms with Gasteiger partial charge in [-0.2, -0.15) is 0 Å². The molecule has 2 fully saturated rings. The third-order valence-electron chi connectivity index (χ3n) is 5.82. The number of likely N-dealkylation sites (tertiary alicyclic amines) is 1. The Hall–Kier alpha value is -1.36. The van der Waals surface area contributed by atoms with E-state index in [1.807, 2.05) is 0 Å². The molecule has 1 N–H and O–H groups in total. The van der Waals surface area contributed by atoms with E-state index in [2.05, 4.69) is 38.8 Å². The van der Waals surface area contributed by atoms with Crippen molar-refractivity contribution in [2.24, 2.45) is 12.0 Å². The summed E-state index contributed by atoms with van der Waals surface area (Å²) in [5.41, 5.74) is -0.0338. The molecule has 0 aliphatic carbocycles. The summed E-state index contributed by atoms with van der Waals surface area (Å²) in [6, 6.07) is 0.560. The number of nitrogens with zero attached hydrogens (tertiary/aromatic N) is 6. The predicted octanol–water partition coefficient (Wildman–Crippen LogP) is 1.36. The highest BCUT2D eigenvalue weighted by molar-refractivity contribution is 14.0. The molecule has 9 heteroatoms. The Morgan fingerprint density at radius 3 is 2.66 bits per heavy atom. The minimum absolute atomic E-state index is 0. The van der Waals surface area contributed by atoms with E-state index in [4.69, 9.17) is 4.99 Å². The highest BCUT2D eigenvalue weighted by atomic mass is 127. The van der Waals surface area contributed by atoms with Crippen LogP contribution in [0.25, 0.3) is 0 Å². The molecule has 0 radical (unpaired) electrons. The standard InChI is InChI=1S/C20H35N7O.HI/c1-4-21-20(23-16-17-8-6-7-10-25(17)5-2)27-14-12-26(13-15-27)18-19(28)24(3)11-9-22-18;/h9,11,17H,4-8,10,12-16H2,1-3H3,(H,21,23);1H. The molecular weight excluding hydrogens is 481 g/mol. The van der Waals surface area contributed by atoms with Crippen LogP contribution in [0.5, 0.6) is 0 Å². The molecule has 29 heavy (non-hydrogen) atoms. The fraction of sp³-hybridized carbons (Fsp3) is 0.750. The summed E-state index contributed by atoms with van der Waals surface area (Å²) in [4.78, 5) is 28.6. The molecule has 2 aliphatic heterocycles. The molecule has 8 nitrogen and oxygen atoms in total. The van der Waals surface area contributed by atoms with Crippen molar-refractivity contribution >= 4 is 35.8 Å². The van der Waals surface area contributed by atoms with Gasteiger partial charge in [-0.1, -0.05) is 13.3 Å². The molecule has 0 aromatic carbocycles. The number of piperazine rings is 1. The third-order valence-corrected chi connectivity index (χ3v) is 5.82. The number of guanidine groups is 1. The molecule has 3 rings (SSSR count). The van der Waals surface area contributed by atoms with Crippen LogP contribution < -0.4 is 15.8 Å². The van der Waals surface area contributed by atoms with E-state index in [1.165, 1.54) is 25.8 Å². The maximum Gasteiger partial charge on any atom is 0.293 e. The Balaban J connectivity index is 0.00000300. The van der Waals surface area contributed by atoms with Crippen LogP contribution in [-0.4, -0.2) is 83.7 Å². The first-order chi connectivity index (χ1) is 13.6. The average molecular weight is 517 g/mol. The van der Waals surface area contributed by atoms with Crippen molar-refractivity contribution in [1.29, 1.82) is 0 Å². The van der Waals surface area contributed by atoms with Crippen molar-refractivity contribution in [2.75, 3.05) is 57.3 Å². The SMILES string of the molecule is CCNC(=NCC1CCCCN1CC)N1CCN(c2nccn(C)c2=O)CC1.I. The summed E-state index contributed by atoms with van der Waals surface area (Å²) in [7, 11) is 1.77. The van der Waals surface area contributed by atoms with Gasteiger partial charge < -0.3 is 19.7 Å². The van der Waals surface area contributed by atoms with E-state index in [1.54, 1.807) is 24.0 Å². The lowest BCUT2D eigenvalue weighted by molar-refractivity contribution is 0.161. The smallest absolute Gasteiger partial charge is 0.293 e. The first kappa shape index (κ1) is 23.9.